The van der Waals surface area contributed by atoms with Crippen LogP contribution in [-0.4, -0.2) is 43.6 Å². The van der Waals surface area contributed by atoms with Crippen molar-refractivity contribution in [2.75, 3.05) is 13.1 Å². The number of furan rings is 1. The molecular formula is C19H22N6O2. The summed E-state index contributed by atoms with van der Waals surface area (Å²) < 4.78 is 7.79. The van der Waals surface area contributed by atoms with Gasteiger partial charge >= 0.3 is 0 Å². The minimum absolute atomic E-state index is 0.196. The first kappa shape index (κ1) is 17.4. The zero-order valence-corrected chi connectivity index (χ0v) is 15.2. The van der Waals surface area contributed by atoms with Crippen molar-refractivity contribution in [2.45, 2.75) is 32.5 Å². The molecule has 1 N–H and O–H groups in total. The molecule has 8 nitrogen and oxygen atoms in total. The maximum absolute atomic E-state index is 12.1. The van der Waals surface area contributed by atoms with Gasteiger partial charge in [-0.2, -0.15) is 5.10 Å². The second kappa shape index (κ2) is 7.71. The summed E-state index contributed by atoms with van der Waals surface area (Å²) >= 11 is 0. The predicted molar refractivity (Wildman–Crippen MR) is 97.8 cm³/mol. The lowest BCUT2D eigenvalue weighted by atomic mass is 10.1. The van der Waals surface area contributed by atoms with Gasteiger partial charge in [-0.05, 0) is 31.5 Å². The fourth-order valence-corrected chi connectivity index (χ4v) is 3.45. The van der Waals surface area contributed by atoms with E-state index < -0.39 is 0 Å². The fourth-order valence-electron chi connectivity index (χ4n) is 3.45. The lowest BCUT2D eigenvalue weighted by Gasteiger charge is -2.33. The van der Waals surface area contributed by atoms with Gasteiger partial charge in [-0.3, -0.25) is 19.4 Å². The first-order valence-corrected chi connectivity index (χ1v) is 9.03. The molecule has 0 spiro atoms. The number of aryl methyl sites for hydroxylation is 1. The summed E-state index contributed by atoms with van der Waals surface area (Å²) in [5, 5.41) is 7.39. The average molecular weight is 366 g/mol. The van der Waals surface area contributed by atoms with Crippen LogP contribution in [0.1, 0.15) is 40.2 Å². The van der Waals surface area contributed by atoms with E-state index in [9.17, 15) is 4.79 Å². The van der Waals surface area contributed by atoms with Gasteiger partial charge in [0.15, 0.2) is 0 Å². The molecule has 0 unspecified atom stereocenters. The second-order valence-electron chi connectivity index (χ2n) is 6.74. The molecule has 1 atom stereocenters. The normalized spacial score (nSPS) is 16.9. The van der Waals surface area contributed by atoms with Crippen LogP contribution in [0.3, 0.4) is 0 Å². The molecule has 0 saturated carbocycles. The molecule has 0 saturated heterocycles. The number of amides is 1. The van der Waals surface area contributed by atoms with E-state index in [1.165, 1.54) is 18.1 Å². The minimum Gasteiger partial charge on any atom is -0.465 e. The second-order valence-corrected chi connectivity index (χ2v) is 6.74. The number of carbonyl (C=O) groups is 1. The molecule has 27 heavy (non-hydrogen) atoms. The van der Waals surface area contributed by atoms with Crippen molar-refractivity contribution in [3.05, 3.63) is 65.9 Å². The van der Waals surface area contributed by atoms with Crippen molar-refractivity contribution < 1.29 is 9.21 Å². The van der Waals surface area contributed by atoms with Crippen LogP contribution in [-0.2, 0) is 13.1 Å². The topological polar surface area (TPSA) is 89.1 Å². The molecular weight excluding hydrogens is 344 g/mol. The van der Waals surface area contributed by atoms with E-state index in [4.69, 9.17) is 4.42 Å². The van der Waals surface area contributed by atoms with Crippen molar-refractivity contribution in [1.82, 2.24) is 30.0 Å². The van der Waals surface area contributed by atoms with Crippen molar-refractivity contribution in [1.29, 1.82) is 0 Å². The van der Waals surface area contributed by atoms with Crippen LogP contribution < -0.4 is 5.32 Å². The van der Waals surface area contributed by atoms with Crippen LogP contribution >= 0.6 is 0 Å². The number of hydrogen-bond donors (Lipinski definition) is 1. The molecule has 1 aliphatic rings. The molecule has 1 amide bonds. The highest BCUT2D eigenvalue weighted by Crippen LogP contribution is 2.24. The molecule has 4 heterocycles. The Hall–Kier alpha value is -3.00. The summed E-state index contributed by atoms with van der Waals surface area (Å²) in [5.41, 5.74) is 1.51. The van der Waals surface area contributed by atoms with E-state index in [0.717, 1.165) is 37.6 Å². The summed E-state index contributed by atoms with van der Waals surface area (Å²) in [6, 6.07) is 6.26. The number of aromatic nitrogens is 4. The maximum atomic E-state index is 12.1. The Morgan fingerprint density at radius 2 is 2.22 bits per heavy atom. The number of fused-ring (bicyclic) bond motifs is 1. The van der Waals surface area contributed by atoms with Gasteiger partial charge in [0.25, 0.3) is 5.91 Å². The number of rotatable bonds is 6. The SMILES string of the molecule is Cc1ccc(CN2Cc3ccnn3[C@H](CCNC(=O)c3cnccn3)C2)o1. The van der Waals surface area contributed by atoms with E-state index in [1.807, 2.05) is 31.3 Å². The van der Waals surface area contributed by atoms with Crippen molar-refractivity contribution >= 4 is 5.91 Å². The Labute approximate surface area is 157 Å². The third kappa shape index (κ3) is 4.06. The quantitative estimate of drug-likeness (QED) is 0.717. The highest BCUT2D eigenvalue weighted by atomic mass is 16.3. The van der Waals surface area contributed by atoms with Crippen LogP contribution in [0.15, 0.2) is 47.4 Å². The maximum Gasteiger partial charge on any atom is 0.271 e. The molecule has 0 radical (unpaired) electrons. The lowest BCUT2D eigenvalue weighted by Crippen LogP contribution is -2.39. The number of hydrogen-bond acceptors (Lipinski definition) is 6. The van der Waals surface area contributed by atoms with Crippen LogP contribution in [0.4, 0.5) is 0 Å². The number of nitrogens with zero attached hydrogens (tertiary/aromatic N) is 5. The van der Waals surface area contributed by atoms with Crippen molar-refractivity contribution in [2.24, 2.45) is 0 Å². The van der Waals surface area contributed by atoms with Crippen LogP contribution in [0.25, 0.3) is 0 Å². The first-order valence-electron chi connectivity index (χ1n) is 9.03. The van der Waals surface area contributed by atoms with Gasteiger partial charge in [-0.15, -0.1) is 0 Å². The molecule has 0 fully saturated rings. The van der Waals surface area contributed by atoms with Crippen LogP contribution in [0.2, 0.25) is 0 Å². The third-order valence-corrected chi connectivity index (χ3v) is 4.69. The summed E-state index contributed by atoms with van der Waals surface area (Å²) in [6.45, 7) is 4.96. The number of nitrogens with one attached hydrogen (secondary N) is 1. The number of carbonyl (C=O) groups excluding carboxylic acids is 1. The Morgan fingerprint density at radius 3 is 3.00 bits per heavy atom. The lowest BCUT2D eigenvalue weighted by molar-refractivity contribution is 0.0941. The van der Waals surface area contributed by atoms with Crippen LogP contribution in [0, 0.1) is 6.92 Å². The van der Waals surface area contributed by atoms with Gasteiger partial charge in [0.2, 0.25) is 0 Å². The highest BCUT2D eigenvalue weighted by Gasteiger charge is 2.26. The smallest absolute Gasteiger partial charge is 0.271 e. The zero-order valence-electron chi connectivity index (χ0n) is 15.2. The fraction of sp³-hybridized carbons (Fsp3) is 0.368. The van der Waals surface area contributed by atoms with Gasteiger partial charge in [0.1, 0.15) is 17.2 Å². The first-order chi connectivity index (χ1) is 13.2. The molecule has 1 aliphatic heterocycles. The average Bonchev–Trinajstić information content (AvgIpc) is 3.31. The summed E-state index contributed by atoms with van der Waals surface area (Å²) in [6.07, 6.45) is 7.15. The monoisotopic (exact) mass is 366 g/mol. The van der Waals surface area contributed by atoms with Gasteiger partial charge in [-0.1, -0.05) is 0 Å². The molecule has 3 aromatic heterocycles. The molecule has 0 aromatic carbocycles. The predicted octanol–water partition coefficient (Wildman–Crippen LogP) is 1.95. The molecule has 4 rings (SSSR count). The Balaban J connectivity index is 1.37. The standard InChI is InChI=1S/C19H22N6O2/c1-14-2-3-17(27-14)13-24-11-15(25-16(12-24)5-7-23-25)4-6-22-19(26)18-10-20-8-9-21-18/h2-3,5,7-10,15H,4,6,11-13H2,1H3,(H,22,26)/t15-/m1/s1. The summed E-state index contributed by atoms with van der Waals surface area (Å²) in [4.78, 5) is 22.4. The van der Waals surface area contributed by atoms with Crippen molar-refractivity contribution in [3.8, 4) is 0 Å². The van der Waals surface area contributed by atoms with Crippen molar-refractivity contribution in [3.63, 3.8) is 0 Å². The largest absolute Gasteiger partial charge is 0.465 e. The third-order valence-electron chi connectivity index (χ3n) is 4.69. The van der Waals surface area contributed by atoms with Gasteiger partial charge in [-0.25, -0.2) is 4.98 Å². The summed E-state index contributed by atoms with van der Waals surface area (Å²) in [5.74, 6) is 1.69. The van der Waals surface area contributed by atoms with Gasteiger partial charge in [0.05, 0.1) is 24.5 Å². The molecule has 140 valence electrons. The minimum atomic E-state index is -0.206. The summed E-state index contributed by atoms with van der Waals surface area (Å²) in [7, 11) is 0. The van der Waals surface area contributed by atoms with E-state index in [2.05, 4.69) is 30.0 Å². The molecule has 0 bridgehead atoms. The van der Waals surface area contributed by atoms with E-state index in [0.29, 0.717) is 12.2 Å². The van der Waals surface area contributed by atoms with Crippen LogP contribution in [0.5, 0.6) is 0 Å². The Morgan fingerprint density at radius 1 is 1.30 bits per heavy atom. The highest BCUT2D eigenvalue weighted by molar-refractivity contribution is 5.91. The van der Waals surface area contributed by atoms with Gasteiger partial charge < -0.3 is 9.73 Å². The molecule has 0 aliphatic carbocycles. The molecule has 3 aromatic rings. The van der Waals surface area contributed by atoms with E-state index >= 15 is 0 Å². The van der Waals surface area contributed by atoms with E-state index in [-0.39, 0.29) is 11.9 Å². The Bertz CT molecular complexity index is 904. The van der Waals surface area contributed by atoms with E-state index in [1.54, 1.807) is 6.20 Å². The van der Waals surface area contributed by atoms with Gasteiger partial charge in [0, 0.05) is 38.2 Å². The Kier molecular flexibility index (Phi) is 4.97. The zero-order chi connectivity index (χ0) is 18.6. The molecule has 8 heteroatoms.